The molecule has 86 valence electrons. The predicted molar refractivity (Wildman–Crippen MR) is 57.5 cm³/mol. The third-order valence-corrected chi connectivity index (χ3v) is 2.90. The first kappa shape index (κ1) is 11.4. The van der Waals surface area contributed by atoms with Gasteiger partial charge in [-0.15, -0.1) is 0 Å². The summed E-state index contributed by atoms with van der Waals surface area (Å²) in [6, 6.07) is 4.66. The third kappa shape index (κ3) is 1.80. The van der Waals surface area contributed by atoms with Crippen molar-refractivity contribution < 1.29 is 19.4 Å². The fourth-order valence-electron chi connectivity index (χ4n) is 1.58. The van der Waals surface area contributed by atoms with Crippen molar-refractivity contribution in [3.8, 4) is 0 Å². The second-order valence-corrected chi connectivity index (χ2v) is 4.12. The fraction of sp³-hybridized carbons (Fsp3) is 0.364. The number of halogens is 1. The van der Waals surface area contributed by atoms with Crippen LogP contribution < -0.4 is 0 Å². The second kappa shape index (κ2) is 4.05. The average molecular weight is 243 g/mol. The number of esters is 1. The zero-order valence-corrected chi connectivity index (χ0v) is 9.45. The number of methoxy groups -OCH3 is 1. The largest absolute Gasteiger partial charge is 0.465 e. The van der Waals surface area contributed by atoms with E-state index in [-0.39, 0.29) is 13.2 Å². The van der Waals surface area contributed by atoms with Crippen LogP contribution in [0.1, 0.15) is 15.9 Å². The van der Waals surface area contributed by atoms with Crippen molar-refractivity contribution in [1.82, 2.24) is 0 Å². The van der Waals surface area contributed by atoms with E-state index in [2.05, 4.69) is 4.74 Å². The number of carbonyl (C=O) groups is 1. The molecule has 0 aliphatic carbocycles. The minimum absolute atomic E-state index is 0.192. The van der Waals surface area contributed by atoms with E-state index in [1.54, 1.807) is 12.1 Å². The fourth-order valence-corrected chi connectivity index (χ4v) is 1.87. The summed E-state index contributed by atoms with van der Waals surface area (Å²) in [6.45, 7) is 0.384. The van der Waals surface area contributed by atoms with Crippen LogP contribution >= 0.6 is 11.6 Å². The van der Waals surface area contributed by atoms with Gasteiger partial charge in [0.1, 0.15) is 5.60 Å². The van der Waals surface area contributed by atoms with Gasteiger partial charge in [0.15, 0.2) is 0 Å². The van der Waals surface area contributed by atoms with Gasteiger partial charge in [0, 0.05) is 10.6 Å². The highest BCUT2D eigenvalue weighted by molar-refractivity contribution is 6.31. The molecule has 1 aliphatic rings. The summed E-state index contributed by atoms with van der Waals surface area (Å²) in [7, 11) is 1.30. The lowest BCUT2D eigenvalue weighted by atomic mass is 9.91. The van der Waals surface area contributed by atoms with E-state index in [9.17, 15) is 9.90 Å². The van der Waals surface area contributed by atoms with Gasteiger partial charge in [-0.3, -0.25) is 0 Å². The highest BCUT2D eigenvalue weighted by Gasteiger charge is 2.39. The Bertz CT molecular complexity index is 426. The van der Waals surface area contributed by atoms with Crippen molar-refractivity contribution in [3.63, 3.8) is 0 Å². The van der Waals surface area contributed by atoms with E-state index in [0.29, 0.717) is 16.1 Å². The summed E-state index contributed by atoms with van der Waals surface area (Å²) in [5.74, 6) is -0.457. The van der Waals surface area contributed by atoms with Crippen LogP contribution in [-0.4, -0.2) is 31.4 Å². The van der Waals surface area contributed by atoms with E-state index in [4.69, 9.17) is 16.3 Å². The average Bonchev–Trinajstić information content (AvgIpc) is 2.25. The van der Waals surface area contributed by atoms with E-state index in [0.717, 1.165) is 0 Å². The Labute approximate surface area is 97.7 Å². The summed E-state index contributed by atoms with van der Waals surface area (Å²) in [5.41, 5.74) is -0.216. The molecule has 0 unspecified atom stereocenters. The first-order valence-electron chi connectivity index (χ1n) is 4.75. The number of carbonyl (C=O) groups excluding carboxylic acids is 1. The molecule has 0 radical (unpaired) electrons. The Hall–Kier alpha value is -1.10. The summed E-state index contributed by atoms with van der Waals surface area (Å²) in [4.78, 5) is 11.3. The van der Waals surface area contributed by atoms with E-state index in [1.165, 1.54) is 13.2 Å². The van der Waals surface area contributed by atoms with Gasteiger partial charge in [0.25, 0.3) is 0 Å². The van der Waals surface area contributed by atoms with Crippen LogP contribution in [0.25, 0.3) is 0 Å². The smallest absolute Gasteiger partial charge is 0.337 e. The van der Waals surface area contributed by atoms with Crippen molar-refractivity contribution in [2.45, 2.75) is 5.60 Å². The molecule has 1 aromatic carbocycles. The van der Waals surface area contributed by atoms with Crippen LogP contribution in [0.5, 0.6) is 0 Å². The molecule has 1 heterocycles. The van der Waals surface area contributed by atoms with Crippen molar-refractivity contribution in [1.29, 1.82) is 0 Å². The SMILES string of the molecule is COC(=O)c1ccc(Cl)c(C2(O)COC2)c1. The van der Waals surface area contributed by atoms with Crippen molar-refractivity contribution >= 4 is 17.6 Å². The van der Waals surface area contributed by atoms with Gasteiger partial charge in [0.2, 0.25) is 0 Å². The Morgan fingerprint density at radius 3 is 2.75 bits per heavy atom. The molecule has 1 aromatic rings. The van der Waals surface area contributed by atoms with Crippen LogP contribution in [0.4, 0.5) is 0 Å². The lowest BCUT2D eigenvalue weighted by molar-refractivity contribution is -0.184. The first-order chi connectivity index (χ1) is 7.57. The van der Waals surface area contributed by atoms with Crippen molar-refractivity contribution in [2.24, 2.45) is 0 Å². The molecule has 0 aromatic heterocycles. The molecule has 1 N–H and O–H groups in total. The third-order valence-electron chi connectivity index (χ3n) is 2.57. The van der Waals surface area contributed by atoms with Gasteiger partial charge >= 0.3 is 5.97 Å². The molecule has 0 saturated carbocycles. The summed E-state index contributed by atoms with van der Waals surface area (Å²) in [5, 5.41) is 10.5. The van der Waals surface area contributed by atoms with Gasteiger partial charge < -0.3 is 14.6 Å². The number of ether oxygens (including phenoxy) is 2. The Balaban J connectivity index is 2.40. The number of hydrogen-bond acceptors (Lipinski definition) is 4. The molecular weight excluding hydrogens is 232 g/mol. The topological polar surface area (TPSA) is 55.8 Å². The van der Waals surface area contributed by atoms with E-state index in [1.807, 2.05) is 0 Å². The molecule has 16 heavy (non-hydrogen) atoms. The Kier molecular flexibility index (Phi) is 2.88. The molecule has 0 amide bonds. The van der Waals surface area contributed by atoms with Gasteiger partial charge in [-0.05, 0) is 18.2 Å². The van der Waals surface area contributed by atoms with Gasteiger partial charge in [0.05, 0.1) is 25.9 Å². The van der Waals surface area contributed by atoms with Crippen molar-refractivity contribution in [3.05, 3.63) is 34.3 Å². The van der Waals surface area contributed by atoms with Crippen LogP contribution in [0.15, 0.2) is 18.2 Å². The normalized spacial score (nSPS) is 17.7. The van der Waals surface area contributed by atoms with Crippen LogP contribution in [-0.2, 0) is 15.1 Å². The lowest BCUT2D eigenvalue weighted by Crippen LogP contribution is -2.46. The minimum atomic E-state index is -1.08. The standard InChI is InChI=1S/C11H11ClO4/c1-15-10(13)7-2-3-9(12)8(4-7)11(14)5-16-6-11/h2-4,14H,5-6H2,1H3. The van der Waals surface area contributed by atoms with Crippen LogP contribution in [0, 0.1) is 0 Å². The zero-order chi connectivity index (χ0) is 11.8. The maximum Gasteiger partial charge on any atom is 0.337 e. The van der Waals surface area contributed by atoms with E-state index < -0.39 is 11.6 Å². The molecule has 4 nitrogen and oxygen atoms in total. The molecule has 0 bridgehead atoms. The highest BCUT2D eigenvalue weighted by atomic mass is 35.5. The number of hydrogen-bond donors (Lipinski definition) is 1. The maximum absolute atomic E-state index is 11.3. The zero-order valence-electron chi connectivity index (χ0n) is 8.70. The quantitative estimate of drug-likeness (QED) is 0.796. The molecular formula is C11H11ClO4. The molecule has 5 heteroatoms. The molecule has 1 aliphatic heterocycles. The monoisotopic (exact) mass is 242 g/mol. The van der Waals surface area contributed by atoms with Crippen LogP contribution in [0.3, 0.4) is 0 Å². The molecule has 0 atom stereocenters. The Morgan fingerprint density at radius 1 is 1.56 bits per heavy atom. The van der Waals surface area contributed by atoms with Gasteiger partial charge in [-0.2, -0.15) is 0 Å². The maximum atomic E-state index is 11.3. The second-order valence-electron chi connectivity index (χ2n) is 3.71. The number of aliphatic hydroxyl groups is 1. The summed E-state index contributed by atoms with van der Waals surface area (Å²) < 4.78 is 9.55. The van der Waals surface area contributed by atoms with Crippen LogP contribution in [0.2, 0.25) is 5.02 Å². The Morgan fingerprint density at radius 2 is 2.25 bits per heavy atom. The predicted octanol–water partition coefficient (Wildman–Crippen LogP) is 1.34. The van der Waals surface area contributed by atoms with E-state index >= 15 is 0 Å². The summed E-state index contributed by atoms with van der Waals surface area (Å²) >= 11 is 5.97. The highest BCUT2D eigenvalue weighted by Crippen LogP contribution is 2.34. The molecule has 1 saturated heterocycles. The van der Waals surface area contributed by atoms with Gasteiger partial charge in [-0.25, -0.2) is 4.79 Å². The molecule has 2 rings (SSSR count). The minimum Gasteiger partial charge on any atom is -0.465 e. The molecule has 1 fully saturated rings. The molecule has 0 spiro atoms. The lowest BCUT2D eigenvalue weighted by Gasteiger charge is -2.37. The van der Waals surface area contributed by atoms with Crippen molar-refractivity contribution in [2.75, 3.05) is 20.3 Å². The number of rotatable bonds is 2. The summed E-state index contributed by atoms with van der Waals surface area (Å²) in [6.07, 6.45) is 0. The first-order valence-corrected chi connectivity index (χ1v) is 5.13. The van der Waals surface area contributed by atoms with Gasteiger partial charge in [-0.1, -0.05) is 11.6 Å². The number of benzene rings is 1.